The van der Waals surface area contributed by atoms with Crippen molar-refractivity contribution in [3.05, 3.63) is 29.8 Å². The first-order valence-electron chi connectivity index (χ1n) is 6.71. The molecule has 0 aromatic heterocycles. The number of nitrogens with one attached hydrogen (secondary N) is 1. The van der Waals surface area contributed by atoms with Gasteiger partial charge in [-0.25, -0.2) is 0 Å². The van der Waals surface area contributed by atoms with Crippen LogP contribution in [0.25, 0.3) is 0 Å². The average molecular weight is 262 g/mol. The molecule has 4 heteroatoms. The quantitative estimate of drug-likeness (QED) is 0.900. The largest absolute Gasteiger partial charge is 0.496 e. The summed E-state index contributed by atoms with van der Waals surface area (Å²) in [4.78, 5) is 13.7. The Bertz CT molecular complexity index is 446. The molecule has 1 fully saturated rings. The smallest absolute Gasteiger partial charge is 0.239 e. The fourth-order valence-corrected chi connectivity index (χ4v) is 2.70. The number of amides is 1. The van der Waals surface area contributed by atoms with Gasteiger partial charge >= 0.3 is 0 Å². The third-order valence-corrected chi connectivity index (χ3v) is 3.72. The fourth-order valence-electron chi connectivity index (χ4n) is 2.70. The Balaban J connectivity index is 2.15. The highest BCUT2D eigenvalue weighted by atomic mass is 16.5. The van der Waals surface area contributed by atoms with Gasteiger partial charge in [-0.1, -0.05) is 18.2 Å². The van der Waals surface area contributed by atoms with E-state index in [-0.39, 0.29) is 11.9 Å². The predicted molar refractivity (Wildman–Crippen MR) is 75.5 cm³/mol. The molecule has 1 saturated heterocycles. The minimum absolute atomic E-state index is 0.0846. The maximum Gasteiger partial charge on any atom is 0.239 e. The number of likely N-dealkylation sites (N-methyl/N-ethyl adjacent to an activating group) is 1. The summed E-state index contributed by atoms with van der Waals surface area (Å²) in [5, 5.41) is 3.31. The molecule has 19 heavy (non-hydrogen) atoms. The zero-order valence-electron chi connectivity index (χ0n) is 11.8. The van der Waals surface area contributed by atoms with Crippen molar-refractivity contribution in [2.75, 3.05) is 27.7 Å². The first-order valence-corrected chi connectivity index (χ1v) is 6.71. The molecule has 0 spiro atoms. The van der Waals surface area contributed by atoms with Crippen molar-refractivity contribution in [2.24, 2.45) is 0 Å². The molecule has 0 radical (unpaired) electrons. The van der Waals surface area contributed by atoms with Crippen molar-refractivity contribution >= 4 is 5.91 Å². The lowest BCUT2D eigenvalue weighted by molar-refractivity contribution is -0.131. The topological polar surface area (TPSA) is 41.6 Å². The number of rotatable bonds is 3. The van der Waals surface area contributed by atoms with Gasteiger partial charge in [-0.3, -0.25) is 4.79 Å². The van der Waals surface area contributed by atoms with Crippen LogP contribution in [-0.2, 0) is 4.79 Å². The van der Waals surface area contributed by atoms with E-state index in [1.165, 1.54) is 5.56 Å². The first-order chi connectivity index (χ1) is 9.13. The van der Waals surface area contributed by atoms with Gasteiger partial charge in [0.15, 0.2) is 0 Å². The van der Waals surface area contributed by atoms with Crippen molar-refractivity contribution in [3.63, 3.8) is 0 Å². The zero-order chi connectivity index (χ0) is 13.8. The number of hydrogen-bond acceptors (Lipinski definition) is 3. The van der Waals surface area contributed by atoms with Gasteiger partial charge < -0.3 is 15.0 Å². The zero-order valence-corrected chi connectivity index (χ0v) is 11.8. The van der Waals surface area contributed by atoms with E-state index in [0.717, 1.165) is 25.1 Å². The molecule has 1 aliphatic rings. The van der Waals surface area contributed by atoms with Crippen LogP contribution in [0, 0.1) is 0 Å². The summed E-state index contributed by atoms with van der Waals surface area (Å²) in [6.45, 7) is 0.868. The molecule has 4 nitrogen and oxygen atoms in total. The van der Waals surface area contributed by atoms with Gasteiger partial charge in [0.2, 0.25) is 5.91 Å². The molecule has 1 aromatic rings. The van der Waals surface area contributed by atoms with Crippen LogP contribution in [0.1, 0.15) is 24.3 Å². The summed E-state index contributed by atoms with van der Waals surface area (Å²) >= 11 is 0. The van der Waals surface area contributed by atoms with E-state index >= 15 is 0 Å². The molecule has 1 heterocycles. The third kappa shape index (κ3) is 3.07. The molecular formula is C15H22N2O2. The maximum absolute atomic E-state index is 12.1. The minimum atomic E-state index is -0.0846. The number of nitrogens with zero attached hydrogens (tertiary/aromatic N) is 1. The Labute approximate surface area is 114 Å². The summed E-state index contributed by atoms with van der Waals surface area (Å²) in [7, 11) is 5.30. The Kier molecular flexibility index (Phi) is 4.43. The molecule has 2 rings (SSSR count). The van der Waals surface area contributed by atoms with Crippen LogP contribution < -0.4 is 10.1 Å². The van der Waals surface area contributed by atoms with Crippen LogP contribution in [0.2, 0.25) is 0 Å². The van der Waals surface area contributed by atoms with Crippen molar-refractivity contribution < 1.29 is 9.53 Å². The second-order valence-corrected chi connectivity index (χ2v) is 5.20. The Morgan fingerprint density at radius 3 is 2.79 bits per heavy atom. The molecule has 0 saturated carbocycles. The highest BCUT2D eigenvalue weighted by molar-refractivity contribution is 5.81. The highest BCUT2D eigenvalue weighted by Gasteiger charge is 2.29. The summed E-state index contributed by atoms with van der Waals surface area (Å²) in [6, 6.07) is 8.01. The van der Waals surface area contributed by atoms with Gasteiger partial charge in [0, 0.05) is 14.1 Å². The lowest BCUT2D eigenvalue weighted by Gasteiger charge is -2.31. The first kappa shape index (κ1) is 13.9. The summed E-state index contributed by atoms with van der Waals surface area (Å²) < 4.78 is 5.43. The SMILES string of the molecule is COc1ccccc1C1CCNC(C(=O)N(C)C)C1. The van der Waals surface area contributed by atoms with Crippen LogP contribution >= 0.6 is 0 Å². The van der Waals surface area contributed by atoms with E-state index in [9.17, 15) is 4.79 Å². The number of piperidine rings is 1. The van der Waals surface area contributed by atoms with Crippen LogP contribution in [0.15, 0.2) is 24.3 Å². The standard InChI is InChI=1S/C15H22N2O2/c1-17(2)15(18)13-10-11(8-9-16-13)12-6-4-5-7-14(12)19-3/h4-7,11,13,16H,8-10H2,1-3H3. The van der Waals surface area contributed by atoms with Gasteiger partial charge in [0.25, 0.3) is 0 Å². The molecular weight excluding hydrogens is 240 g/mol. The van der Waals surface area contributed by atoms with Crippen molar-refractivity contribution in [2.45, 2.75) is 24.8 Å². The number of ether oxygens (including phenoxy) is 1. The molecule has 1 aliphatic heterocycles. The highest BCUT2D eigenvalue weighted by Crippen LogP contribution is 2.34. The summed E-state index contributed by atoms with van der Waals surface area (Å²) in [6.07, 6.45) is 1.87. The van der Waals surface area contributed by atoms with Crippen molar-refractivity contribution in [3.8, 4) is 5.75 Å². The molecule has 0 bridgehead atoms. The number of para-hydroxylation sites is 1. The van der Waals surface area contributed by atoms with Crippen LogP contribution in [-0.4, -0.2) is 44.6 Å². The van der Waals surface area contributed by atoms with Crippen molar-refractivity contribution in [1.82, 2.24) is 10.2 Å². The number of carbonyl (C=O) groups excluding carboxylic acids is 1. The predicted octanol–water partition coefficient (Wildman–Crippen LogP) is 1.62. The van der Waals surface area contributed by atoms with Gasteiger partial charge in [-0.15, -0.1) is 0 Å². The van der Waals surface area contributed by atoms with Crippen molar-refractivity contribution in [1.29, 1.82) is 0 Å². The minimum Gasteiger partial charge on any atom is -0.496 e. The molecule has 1 N–H and O–H groups in total. The number of carbonyl (C=O) groups is 1. The van der Waals surface area contributed by atoms with Crippen LogP contribution in [0.4, 0.5) is 0 Å². The second-order valence-electron chi connectivity index (χ2n) is 5.20. The Morgan fingerprint density at radius 1 is 1.37 bits per heavy atom. The van der Waals surface area contributed by atoms with Gasteiger partial charge in [0.05, 0.1) is 13.2 Å². The molecule has 0 aliphatic carbocycles. The van der Waals surface area contributed by atoms with Crippen LogP contribution in [0.3, 0.4) is 0 Å². The average Bonchev–Trinajstić information content (AvgIpc) is 2.46. The molecule has 2 atom stereocenters. The Morgan fingerprint density at radius 2 is 2.11 bits per heavy atom. The molecule has 1 amide bonds. The maximum atomic E-state index is 12.1. The Hall–Kier alpha value is -1.55. The normalized spacial score (nSPS) is 22.9. The third-order valence-electron chi connectivity index (χ3n) is 3.72. The van der Waals surface area contributed by atoms with Gasteiger partial charge in [-0.2, -0.15) is 0 Å². The van der Waals surface area contributed by atoms with E-state index in [0.29, 0.717) is 5.92 Å². The number of benzene rings is 1. The van der Waals surface area contributed by atoms with E-state index in [4.69, 9.17) is 4.74 Å². The molecule has 104 valence electrons. The molecule has 2 unspecified atom stereocenters. The van der Waals surface area contributed by atoms with Crippen LogP contribution in [0.5, 0.6) is 5.75 Å². The van der Waals surface area contributed by atoms with E-state index < -0.39 is 0 Å². The summed E-state index contributed by atoms with van der Waals surface area (Å²) in [5.41, 5.74) is 1.21. The van der Waals surface area contributed by atoms with E-state index in [1.54, 1.807) is 26.1 Å². The lowest BCUT2D eigenvalue weighted by Crippen LogP contribution is -2.47. The fraction of sp³-hybridized carbons (Fsp3) is 0.533. The number of hydrogen-bond donors (Lipinski definition) is 1. The van der Waals surface area contributed by atoms with Gasteiger partial charge in [0.1, 0.15) is 5.75 Å². The monoisotopic (exact) mass is 262 g/mol. The number of methoxy groups -OCH3 is 1. The van der Waals surface area contributed by atoms with E-state index in [2.05, 4.69) is 11.4 Å². The molecule has 1 aromatic carbocycles. The van der Waals surface area contributed by atoms with Gasteiger partial charge in [-0.05, 0) is 36.9 Å². The second kappa shape index (κ2) is 6.06. The lowest BCUT2D eigenvalue weighted by atomic mass is 9.85. The van der Waals surface area contributed by atoms with E-state index in [1.807, 2.05) is 18.2 Å². The summed E-state index contributed by atoms with van der Waals surface area (Å²) in [5.74, 6) is 1.45.